The van der Waals surface area contributed by atoms with Crippen molar-refractivity contribution in [3.63, 3.8) is 0 Å². The van der Waals surface area contributed by atoms with Crippen molar-refractivity contribution in [3.8, 4) is 6.07 Å². The minimum absolute atomic E-state index is 0.0373. The van der Waals surface area contributed by atoms with E-state index in [2.05, 4.69) is 167 Å². The minimum atomic E-state index is -1.18. The highest BCUT2D eigenvalue weighted by Crippen LogP contribution is 2.48. The van der Waals surface area contributed by atoms with Crippen molar-refractivity contribution in [1.29, 1.82) is 5.26 Å². The highest BCUT2D eigenvalue weighted by atomic mass is 31.2. The lowest BCUT2D eigenvalue weighted by Crippen LogP contribution is -2.33. The zero-order valence-corrected chi connectivity index (χ0v) is 37.4. The Labute approximate surface area is 346 Å². The largest absolute Gasteiger partial charge is 0.356 e. The Morgan fingerprint density at radius 1 is 0.860 bits per heavy atom. The Kier molecular flexibility index (Phi) is 18.2. The van der Waals surface area contributed by atoms with Gasteiger partial charge >= 0.3 is 0 Å². The van der Waals surface area contributed by atoms with Gasteiger partial charge in [0.15, 0.2) is 5.71 Å². The summed E-state index contributed by atoms with van der Waals surface area (Å²) in [6.07, 6.45) is 19.0. The third-order valence-corrected chi connectivity index (χ3v) is 13.3. The second-order valence-corrected chi connectivity index (χ2v) is 18.3. The van der Waals surface area contributed by atoms with Gasteiger partial charge in [0.25, 0.3) is 8.53 Å². The first kappa shape index (κ1) is 46.1. The van der Waals surface area contributed by atoms with E-state index in [1.807, 2.05) is 0 Å². The molecule has 0 fully saturated rings. The Morgan fingerprint density at radius 2 is 1.53 bits per heavy atom. The molecule has 2 aliphatic rings. The maximum absolute atomic E-state index is 12.6. The highest BCUT2D eigenvalue weighted by molar-refractivity contribution is 7.44. The molecule has 0 aliphatic carbocycles. The molecule has 1 unspecified atom stereocenters. The van der Waals surface area contributed by atoms with E-state index in [1.165, 1.54) is 33.9 Å². The molecule has 0 aromatic heterocycles. The third-order valence-electron chi connectivity index (χ3n) is 11.2. The number of amides is 1. The number of benzene rings is 2. The van der Waals surface area contributed by atoms with E-state index >= 15 is 0 Å². The number of nitriles is 1. The van der Waals surface area contributed by atoms with Crippen LogP contribution < -0.4 is 10.2 Å². The maximum Gasteiger partial charge on any atom is 0.259 e. The molecule has 2 aromatic carbocycles. The van der Waals surface area contributed by atoms with Gasteiger partial charge in [-0.25, -0.2) is 4.67 Å². The van der Waals surface area contributed by atoms with Crippen molar-refractivity contribution >= 4 is 31.5 Å². The first-order valence-electron chi connectivity index (χ1n) is 21.5. The average Bonchev–Trinajstić information content (AvgIpc) is 3.53. The molecule has 9 heteroatoms. The number of para-hydroxylation sites is 2. The second kappa shape index (κ2) is 22.5. The van der Waals surface area contributed by atoms with E-state index < -0.39 is 8.53 Å². The van der Waals surface area contributed by atoms with E-state index in [0.29, 0.717) is 38.1 Å². The van der Waals surface area contributed by atoms with Crippen LogP contribution in [-0.2, 0) is 24.7 Å². The Balaban J connectivity index is 1.20. The second-order valence-electron chi connectivity index (χ2n) is 16.8. The number of rotatable bonds is 24. The van der Waals surface area contributed by atoms with Crippen LogP contribution in [0.1, 0.15) is 131 Å². The molecule has 0 spiro atoms. The number of likely N-dealkylation sites (N-methyl/N-ethyl adjacent to an activating group) is 1. The smallest absolute Gasteiger partial charge is 0.259 e. The lowest BCUT2D eigenvalue weighted by Gasteiger charge is -2.35. The fraction of sp³-hybridized carbons (Fsp3) is 0.562. The van der Waals surface area contributed by atoms with Crippen molar-refractivity contribution in [2.45, 2.75) is 143 Å². The van der Waals surface area contributed by atoms with Crippen LogP contribution in [0.25, 0.3) is 0 Å². The molecular weight excluding hydrogens is 726 g/mol. The topological polar surface area (TPSA) is 80.8 Å². The molecule has 2 aliphatic heterocycles. The number of nitrogens with zero attached hydrogens (tertiary/aromatic N) is 4. The molecule has 1 atom stereocenters. The van der Waals surface area contributed by atoms with Crippen LogP contribution in [0.2, 0.25) is 0 Å². The molecule has 0 saturated carbocycles. The maximum atomic E-state index is 12.6. The van der Waals surface area contributed by atoms with Gasteiger partial charge in [-0.15, -0.1) is 0 Å². The van der Waals surface area contributed by atoms with E-state index in [1.54, 1.807) is 0 Å². The number of hydrogen-bond acceptors (Lipinski definition) is 6. The summed E-state index contributed by atoms with van der Waals surface area (Å²) in [4.78, 5) is 15.1. The molecule has 0 bridgehead atoms. The molecule has 57 heavy (non-hydrogen) atoms. The van der Waals surface area contributed by atoms with Crippen molar-refractivity contribution in [1.82, 2.24) is 9.99 Å². The number of allylic oxidation sites excluding steroid dienone is 6. The van der Waals surface area contributed by atoms with Crippen LogP contribution >= 0.6 is 8.53 Å². The van der Waals surface area contributed by atoms with Crippen molar-refractivity contribution < 1.29 is 18.4 Å². The summed E-state index contributed by atoms with van der Waals surface area (Å²) in [7, 11) is -1.18. The standard InChI is InChI=1S/C48H70N5O3P/c1-10-51-42-28-20-18-26-40(42)47(6,7)44(51)30-15-13-16-31-45-48(8,9)41-27-19-21-29-43(41)52(45)35-23-14-17-32-46(54)50-34-22-11-12-24-36-55-57(56-37-25-33-49)53(38(2)3)39(4)5/h13,15-16,18-21,26-31,38-39H,10-12,14,17,22-25,32,34-37H2,1-9H3/p+1. The first-order chi connectivity index (χ1) is 27.4. The van der Waals surface area contributed by atoms with Crippen molar-refractivity contribution in [2.24, 2.45) is 0 Å². The number of carbonyl (C=O) groups excluding carboxylic acids is 1. The Bertz CT molecular complexity index is 1760. The molecule has 0 radical (unpaired) electrons. The summed E-state index contributed by atoms with van der Waals surface area (Å²) < 4.78 is 16.9. The molecule has 2 heterocycles. The third kappa shape index (κ3) is 12.2. The molecule has 0 saturated heterocycles. The van der Waals surface area contributed by atoms with Gasteiger partial charge in [0.1, 0.15) is 6.54 Å². The predicted molar refractivity (Wildman–Crippen MR) is 239 cm³/mol. The summed E-state index contributed by atoms with van der Waals surface area (Å²) >= 11 is 0. The van der Waals surface area contributed by atoms with Crippen LogP contribution in [-0.4, -0.2) is 65.8 Å². The zero-order chi connectivity index (χ0) is 41.4. The molecule has 4 rings (SSSR count). The molecule has 2 aromatic rings. The van der Waals surface area contributed by atoms with Gasteiger partial charge in [-0.05, 0) is 91.9 Å². The summed E-state index contributed by atoms with van der Waals surface area (Å²) in [5.74, 6) is 0.150. The predicted octanol–water partition coefficient (Wildman–Crippen LogP) is 11.4. The van der Waals surface area contributed by atoms with Gasteiger partial charge in [-0.3, -0.25) is 4.79 Å². The van der Waals surface area contributed by atoms with Gasteiger partial charge in [-0.1, -0.05) is 81.3 Å². The van der Waals surface area contributed by atoms with Gasteiger partial charge in [0.05, 0.1) is 31.1 Å². The van der Waals surface area contributed by atoms with E-state index in [9.17, 15) is 4.79 Å². The Morgan fingerprint density at radius 3 is 2.25 bits per heavy atom. The average molecular weight is 797 g/mol. The van der Waals surface area contributed by atoms with Crippen LogP contribution in [0.4, 0.5) is 11.4 Å². The number of carbonyl (C=O) groups is 1. The lowest BCUT2D eigenvalue weighted by molar-refractivity contribution is -0.438. The quantitative estimate of drug-likeness (QED) is 0.0493. The lowest BCUT2D eigenvalue weighted by atomic mass is 9.81. The molecule has 1 amide bonds. The Hall–Kier alpha value is -3.60. The van der Waals surface area contributed by atoms with Crippen LogP contribution in [0.5, 0.6) is 0 Å². The first-order valence-corrected chi connectivity index (χ1v) is 22.6. The summed E-state index contributed by atoms with van der Waals surface area (Å²) in [6, 6.07) is 20.3. The van der Waals surface area contributed by atoms with Gasteiger partial charge in [-0.2, -0.15) is 9.84 Å². The van der Waals surface area contributed by atoms with Gasteiger partial charge in [0, 0.05) is 72.5 Å². The van der Waals surface area contributed by atoms with E-state index in [-0.39, 0.29) is 16.7 Å². The number of anilines is 1. The summed E-state index contributed by atoms with van der Waals surface area (Å²) in [5.41, 5.74) is 7.86. The molecule has 1 N–H and O–H groups in total. The molecule has 8 nitrogen and oxygen atoms in total. The minimum Gasteiger partial charge on any atom is -0.356 e. The fourth-order valence-electron chi connectivity index (χ4n) is 8.31. The summed E-state index contributed by atoms with van der Waals surface area (Å²) in [6.45, 7) is 23.7. The monoisotopic (exact) mass is 797 g/mol. The van der Waals surface area contributed by atoms with E-state index in [0.717, 1.165) is 64.6 Å². The number of fused-ring (bicyclic) bond motifs is 2. The SMILES string of the molecule is CCN1/C(=C/C=C/C=C/C2=[N+](CCCCCC(=O)NCCCCCCOP(OCCC#N)N(C(C)C)C(C)C)c3ccccc3C2(C)C)C(C)(C)c2ccccc21. The number of hydrogen-bond donors (Lipinski definition) is 1. The van der Waals surface area contributed by atoms with Crippen molar-refractivity contribution in [3.05, 3.63) is 95.7 Å². The van der Waals surface area contributed by atoms with Gasteiger partial charge < -0.3 is 19.3 Å². The normalized spacial score (nSPS) is 17.1. The van der Waals surface area contributed by atoms with E-state index in [4.69, 9.17) is 14.3 Å². The van der Waals surface area contributed by atoms with Gasteiger partial charge in [0.2, 0.25) is 11.6 Å². The zero-order valence-electron chi connectivity index (χ0n) is 36.5. The molecule has 310 valence electrons. The van der Waals surface area contributed by atoms with Crippen LogP contribution in [0.15, 0.2) is 84.6 Å². The summed E-state index contributed by atoms with van der Waals surface area (Å²) in [5, 5.41) is 12.0. The number of nitrogens with one attached hydrogen (secondary N) is 1. The van der Waals surface area contributed by atoms with Crippen LogP contribution in [0.3, 0.4) is 0 Å². The van der Waals surface area contributed by atoms with Crippen LogP contribution in [0, 0.1) is 11.3 Å². The molecular formula is C48H71N5O3P+. The number of unbranched alkanes of at least 4 members (excludes halogenated alkanes) is 5. The van der Waals surface area contributed by atoms with Crippen molar-refractivity contribution in [2.75, 3.05) is 37.7 Å². The fourth-order valence-corrected chi connectivity index (χ4v) is 9.93. The highest BCUT2D eigenvalue weighted by Gasteiger charge is 2.44.